The molecule has 2 nitrogen and oxygen atoms in total. The lowest BCUT2D eigenvalue weighted by molar-refractivity contribution is 0.00642. The van der Waals surface area contributed by atoms with E-state index in [-0.39, 0.29) is 5.82 Å². The highest BCUT2D eigenvalue weighted by atomic mass is 19.1. The summed E-state index contributed by atoms with van der Waals surface area (Å²) < 4.78 is 19.2. The van der Waals surface area contributed by atoms with Crippen LogP contribution in [0.25, 0.3) is 0 Å². The first kappa shape index (κ1) is 17.4. The van der Waals surface area contributed by atoms with Gasteiger partial charge in [0, 0.05) is 31.7 Å². The van der Waals surface area contributed by atoms with Crippen molar-refractivity contribution in [1.82, 2.24) is 4.90 Å². The van der Waals surface area contributed by atoms with E-state index in [9.17, 15) is 4.39 Å². The number of rotatable bonds is 4. The quantitative estimate of drug-likeness (QED) is 0.735. The summed E-state index contributed by atoms with van der Waals surface area (Å²) in [5.74, 6) is 0.690. The van der Waals surface area contributed by atoms with Crippen molar-refractivity contribution < 1.29 is 9.13 Å². The summed E-state index contributed by atoms with van der Waals surface area (Å²) in [6, 6.07) is 18.2. The molecule has 4 rings (SSSR count). The number of halogens is 1. The molecule has 2 aliphatic heterocycles. The van der Waals surface area contributed by atoms with Gasteiger partial charge in [0.25, 0.3) is 0 Å². The van der Waals surface area contributed by atoms with Crippen LogP contribution in [0.5, 0.6) is 0 Å². The predicted octanol–water partition coefficient (Wildman–Crippen LogP) is 4.78. The first-order chi connectivity index (χ1) is 12.8. The molecule has 3 unspecified atom stereocenters. The number of hydrogen-bond acceptors (Lipinski definition) is 2. The lowest BCUT2D eigenvalue weighted by atomic mass is 9.76. The third kappa shape index (κ3) is 3.89. The minimum atomic E-state index is -0.173. The molecule has 0 bridgehead atoms. The van der Waals surface area contributed by atoms with Crippen molar-refractivity contribution in [3.8, 4) is 0 Å². The van der Waals surface area contributed by atoms with Crippen molar-refractivity contribution in [1.29, 1.82) is 0 Å². The van der Waals surface area contributed by atoms with Crippen LogP contribution in [-0.4, -0.2) is 30.7 Å². The minimum absolute atomic E-state index is 0.173. The highest BCUT2D eigenvalue weighted by Gasteiger charge is 2.36. The highest BCUT2D eigenvalue weighted by Crippen LogP contribution is 2.38. The molecule has 2 aromatic carbocycles. The molecule has 0 radical (unpaired) electrons. The molecule has 0 saturated carbocycles. The molecule has 1 fully saturated rings. The summed E-state index contributed by atoms with van der Waals surface area (Å²) in [5, 5.41) is 0. The summed E-state index contributed by atoms with van der Waals surface area (Å²) >= 11 is 0. The zero-order valence-corrected chi connectivity index (χ0v) is 15.1. The minimum Gasteiger partial charge on any atom is -0.381 e. The zero-order chi connectivity index (χ0) is 17.8. The van der Waals surface area contributed by atoms with Crippen LogP contribution in [0.2, 0.25) is 0 Å². The van der Waals surface area contributed by atoms with Crippen molar-refractivity contribution in [3.05, 3.63) is 83.7 Å². The van der Waals surface area contributed by atoms with Crippen LogP contribution in [0.3, 0.4) is 0 Å². The van der Waals surface area contributed by atoms with Gasteiger partial charge in [-0.2, -0.15) is 0 Å². The molecule has 0 aromatic heterocycles. The van der Waals surface area contributed by atoms with Crippen molar-refractivity contribution in [2.45, 2.75) is 31.3 Å². The fourth-order valence-corrected chi connectivity index (χ4v) is 4.44. The van der Waals surface area contributed by atoms with Gasteiger partial charge in [0.1, 0.15) is 5.82 Å². The molecule has 1 saturated heterocycles. The second-order valence-corrected chi connectivity index (χ2v) is 7.37. The topological polar surface area (TPSA) is 12.5 Å². The zero-order valence-electron chi connectivity index (χ0n) is 15.1. The molecule has 0 amide bonds. The van der Waals surface area contributed by atoms with E-state index in [1.165, 1.54) is 11.1 Å². The molecular formula is C23H26FNO. The molecule has 0 N–H and O–H groups in total. The summed E-state index contributed by atoms with van der Waals surface area (Å²) in [6.07, 6.45) is 6.75. The lowest BCUT2D eigenvalue weighted by Gasteiger charge is -2.43. The average Bonchev–Trinajstić information content (AvgIpc) is 2.70. The van der Waals surface area contributed by atoms with E-state index in [1.54, 1.807) is 12.1 Å². The second-order valence-electron chi connectivity index (χ2n) is 7.37. The van der Waals surface area contributed by atoms with Gasteiger partial charge in [-0.05, 0) is 42.0 Å². The Bertz CT molecular complexity index is 728. The van der Waals surface area contributed by atoms with E-state index < -0.39 is 0 Å². The summed E-state index contributed by atoms with van der Waals surface area (Å²) in [5.41, 5.74) is 2.56. The monoisotopic (exact) mass is 351 g/mol. The van der Waals surface area contributed by atoms with E-state index in [1.807, 2.05) is 12.1 Å². The second kappa shape index (κ2) is 8.15. The van der Waals surface area contributed by atoms with E-state index in [2.05, 4.69) is 47.4 Å². The van der Waals surface area contributed by atoms with E-state index in [0.717, 1.165) is 39.1 Å². The van der Waals surface area contributed by atoms with Gasteiger partial charge in [0.05, 0.1) is 6.61 Å². The molecule has 136 valence electrons. The van der Waals surface area contributed by atoms with E-state index >= 15 is 0 Å². The standard InChI is InChI=1S/C23H26FNO/c24-20-11-9-19(10-12-20)22-17-26-15-13-21(22)23-8-4-5-14-25(23)16-18-6-2-1-3-7-18/h1-7,9-12,21-23H,8,13-17H2. The molecule has 0 spiro atoms. The lowest BCUT2D eigenvalue weighted by Crippen LogP contribution is -2.46. The number of nitrogens with zero attached hydrogens (tertiary/aromatic N) is 1. The van der Waals surface area contributed by atoms with Gasteiger partial charge >= 0.3 is 0 Å². The molecule has 26 heavy (non-hydrogen) atoms. The maximum Gasteiger partial charge on any atom is 0.123 e. The Morgan fingerprint density at radius 1 is 1.00 bits per heavy atom. The molecular weight excluding hydrogens is 325 g/mol. The number of ether oxygens (including phenoxy) is 1. The van der Waals surface area contributed by atoms with Crippen LogP contribution in [-0.2, 0) is 11.3 Å². The van der Waals surface area contributed by atoms with Crippen LogP contribution < -0.4 is 0 Å². The molecule has 3 atom stereocenters. The third-order valence-electron chi connectivity index (χ3n) is 5.78. The first-order valence-corrected chi connectivity index (χ1v) is 9.57. The predicted molar refractivity (Wildman–Crippen MR) is 102 cm³/mol. The van der Waals surface area contributed by atoms with Crippen LogP contribution in [0, 0.1) is 11.7 Å². The Hall–Kier alpha value is -1.97. The number of benzene rings is 2. The van der Waals surface area contributed by atoms with Gasteiger partial charge in [-0.3, -0.25) is 4.90 Å². The highest BCUT2D eigenvalue weighted by molar-refractivity contribution is 5.23. The average molecular weight is 351 g/mol. The normalized spacial score (nSPS) is 26.7. The Labute approximate surface area is 155 Å². The summed E-state index contributed by atoms with van der Waals surface area (Å²) in [6.45, 7) is 3.52. The van der Waals surface area contributed by atoms with Gasteiger partial charge in [-0.25, -0.2) is 4.39 Å². The fourth-order valence-electron chi connectivity index (χ4n) is 4.44. The van der Waals surface area contributed by atoms with Crippen molar-refractivity contribution in [3.63, 3.8) is 0 Å². The Morgan fingerprint density at radius 3 is 2.62 bits per heavy atom. The molecule has 3 heteroatoms. The molecule has 0 aliphatic carbocycles. The van der Waals surface area contributed by atoms with Crippen LogP contribution in [0.1, 0.15) is 29.9 Å². The van der Waals surface area contributed by atoms with Gasteiger partial charge < -0.3 is 4.74 Å². The number of hydrogen-bond donors (Lipinski definition) is 0. The summed E-state index contributed by atoms with van der Waals surface area (Å²) in [7, 11) is 0. The Balaban J connectivity index is 1.57. The van der Waals surface area contributed by atoms with Crippen LogP contribution in [0.4, 0.5) is 4.39 Å². The van der Waals surface area contributed by atoms with E-state index in [0.29, 0.717) is 17.9 Å². The Kier molecular flexibility index (Phi) is 5.47. The smallest absolute Gasteiger partial charge is 0.123 e. The summed E-state index contributed by atoms with van der Waals surface area (Å²) in [4.78, 5) is 2.60. The first-order valence-electron chi connectivity index (χ1n) is 9.57. The molecule has 2 aliphatic rings. The maximum atomic E-state index is 13.4. The van der Waals surface area contributed by atoms with Crippen molar-refractivity contribution >= 4 is 0 Å². The fraction of sp³-hybridized carbons (Fsp3) is 0.391. The van der Waals surface area contributed by atoms with Crippen molar-refractivity contribution in [2.24, 2.45) is 5.92 Å². The third-order valence-corrected chi connectivity index (χ3v) is 5.78. The van der Waals surface area contributed by atoms with Gasteiger partial charge in [0.2, 0.25) is 0 Å². The van der Waals surface area contributed by atoms with Crippen LogP contribution in [0.15, 0.2) is 66.7 Å². The maximum absolute atomic E-state index is 13.4. The largest absolute Gasteiger partial charge is 0.381 e. The molecule has 2 heterocycles. The van der Waals surface area contributed by atoms with Crippen molar-refractivity contribution in [2.75, 3.05) is 19.8 Å². The van der Waals surface area contributed by atoms with Gasteiger partial charge in [-0.1, -0.05) is 54.6 Å². The van der Waals surface area contributed by atoms with Crippen LogP contribution >= 0.6 is 0 Å². The van der Waals surface area contributed by atoms with E-state index in [4.69, 9.17) is 4.74 Å². The SMILES string of the molecule is Fc1ccc(C2COCCC2C2CC=CCN2Cc2ccccc2)cc1. The molecule has 2 aromatic rings. The van der Waals surface area contributed by atoms with Gasteiger partial charge in [-0.15, -0.1) is 0 Å². The Morgan fingerprint density at radius 2 is 1.81 bits per heavy atom. The van der Waals surface area contributed by atoms with Gasteiger partial charge in [0.15, 0.2) is 0 Å².